The fourth-order valence-electron chi connectivity index (χ4n) is 0.412. The van der Waals surface area contributed by atoms with Crippen LogP contribution in [0.2, 0.25) is 10.0 Å². The number of rotatable bonds is 1. The predicted octanol–water partition coefficient (Wildman–Crippen LogP) is 3.09. The van der Waals surface area contributed by atoms with E-state index in [1.165, 1.54) is 6.92 Å². The second-order valence-corrected chi connectivity index (χ2v) is 2.83. The first kappa shape index (κ1) is 16.6. The van der Waals surface area contributed by atoms with Gasteiger partial charge in [-0.3, -0.25) is 11.2 Å². The topological polar surface area (TPSA) is 37.3 Å². The first-order chi connectivity index (χ1) is 6.06. The van der Waals surface area contributed by atoms with Crippen molar-refractivity contribution in [3.8, 4) is 0 Å². The maximum atomic E-state index is 9.31. The van der Waals surface area contributed by atoms with Crippen LogP contribution in [0.4, 0.5) is 0 Å². The van der Waals surface area contributed by atoms with Crippen LogP contribution >= 0.6 is 23.2 Å². The molecule has 0 aliphatic carbocycles. The van der Waals surface area contributed by atoms with Crippen LogP contribution in [0, 0.1) is 43.6 Å². The van der Waals surface area contributed by atoms with Crippen molar-refractivity contribution in [1.29, 1.82) is 0 Å². The first-order valence-corrected chi connectivity index (χ1v) is 4.17. The summed E-state index contributed by atoms with van der Waals surface area (Å²) in [5, 5.41) is 8.87. The van der Waals surface area contributed by atoms with Crippen LogP contribution in [0.3, 0.4) is 0 Å². The molecule has 1 aromatic rings. The molecule has 14 heavy (non-hydrogen) atoms. The number of hydrogen-bond donors (Lipinski definition) is 1. The largest absolute Gasteiger partial charge is 2.00 e. The molecule has 0 amide bonds. The number of carbonyl (C=O) groups is 1. The summed E-state index contributed by atoms with van der Waals surface area (Å²) in [6, 6.07) is 7.81. The molecule has 0 radical (unpaired) electrons. The van der Waals surface area contributed by atoms with Gasteiger partial charge in [0.25, 0.3) is 0 Å². The smallest absolute Gasteiger partial charge is 0.503 e. The average Bonchev–Trinajstić information content (AvgIpc) is 2.05. The van der Waals surface area contributed by atoms with Crippen LogP contribution < -0.4 is 0 Å². The molecule has 1 rings (SSSR count). The van der Waals surface area contributed by atoms with Crippen molar-refractivity contribution in [1.82, 2.24) is 0 Å². The van der Waals surface area contributed by atoms with Gasteiger partial charge in [-0.25, -0.2) is 0 Å². The van der Waals surface area contributed by atoms with Gasteiger partial charge in [0.2, 0.25) is 0 Å². The molecule has 0 aromatic heterocycles. The third-order valence-electron chi connectivity index (χ3n) is 0.975. The molecule has 1 N–H and O–H groups in total. The Labute approximate surface area is 117 Å². The molecule has 0 heterocycles. The summed E-state index contributed by atoms with van der Waals surface area (Å²) in [6.07, 6.45) is 1.08. The van der Waals surface area contributed by atoms with E-state index in [9.17, 15) is 4.79 Å². The number of halogens is 2. The Bertz CT molecular complexity index is 262. The molecule has 0 aliphatic heterocycles. The Balaban J connectivity index is 0. The van der Waals surface area contributed by atoms with Gasteiger partial charge in [0.15, 0.2) is 5.97 Å². The van der Waals surface area contributed by atoms with Gasteiger partial charge < -0.3 is 5.11 Å². The Morgan fingerprint density at radius 1 is 1.57 bits per heavy atom. The summed E-state index contributed by atoms with van der Waals surface area (Å²) in [4.78, 5) is 9.31. The fraction of sp³-hybridized carbons (Fsp3) is 0.111. The molecule has 74 valence electrons. The molecule has 0 aliphatic rings. The van der Waals surface area contributed by atoms with Gasteiger partial charge >= 0.3 is 31.1 Å². The molecular formula is C9H8Cl2O2U. The Morgan fingerprint density at radius 2 is 2.07 bits per heavy atom. The fourth-order valence-corrected chi connectivity index (χ4v) is 0.820. The van der Waals surface area contributed by atoms with Gasteiger partial charge in [-0.15, -0.1) is 29.3 Å². The Morgan fingerprint density at radius 3 is 2.29 bits per heavy atom. The number of aliphatic carboxylic acids is 1. The normalized spacial score (nSPS) is 7.64. The van der Waals surface area contributed by atoms with Crippen molar-refractivity contribution in [3.05, 3.63) is 40.7 Å². The SMILES string of the molecule is C[CH-]C(=O)O.Clc1[c-]ccc(Cl)c1.[U+2]. The number of carboxylic acid groups (broad SMARTS) is 1. The van der Waals surface area contributed by atoms with Crippen molar-refractivity contribution >= 4 is 29.2 Å². The minimum Gasteiger partial charge on any atom is -0.503 e. The van der Waals surface area contributed by atoms with Crippen LogP contribution in [0.5, 0.6) is 0 Å². The third-order valence-corrected chi connectivity index (χ3v) is 1.43. The Hall–Kier alpha value is 0.192. The van der Waals surface area contributed by atoms with E-state index in [1.54, 1.807) is 18.2 Å². The van der Waals surface area contributed by atoms with Crippen LogP contribution in [0.15, 0.2) is 18.2 Å². The van der Waals surface area contributed by atoms with E-state index in [0.29, 0.717) is 10.0 Å². The summed E-state index contributed by atoms with van der Waals surface area (Å²) >= 11 is 11.0. The van der Waals surface area contributed by atoms with Gasteiger partial charge in [-0.05, 0) is 0 Å². The van der Waals surface area contributed by atoms with E-state index in [2.05, 4.69) is 6.07 Å². The van der Waals surface area contributed by atoms with Crippen molar-refractivity contribution < 1.29 is 41.0 Å². The van der Waals surface area contributed by atoms with Crippen LogP contribution in [-0.2, 0) is 4.79 Å². The molecule has 0 saturated heterocycles. The summed E-state index contributed by atoms with van der Waals surface area (Å²) in [7, 11) is 0. The Kier molecular flexibility index (Phi) is 11.6. The van der Waals surface area contributed by atoms with E-state index in [-0.39, 0.29) is 31.1 Å². The van der Waals surface area contributed by atoms with E-state index in [1.807, 2.05) is 0 Å². The van der Waals surface area contributed by atoms with Gasteiger partial charge in [0.05, 0.1) is 0 Å². The monoisotopic (exact) mass is 456 g/mol. The van der Waals surface area contributed by atoms with Crippen molar-refractivity contribution in [3.63, 3.8) is 0 Å². The molecule has 5 heteroatoms. The van der Waals surface area contributed by atoms with Crippen LogP contribution in [0.1, 0.15) is 6.92 Å². The van der Waals surface area contributed by atoms with E-state index >= 15 is 0 Å². The van der Waals surface area contributed by atoms with Crippen molar-refractivity contribution in [2.24, 2.45) is 0 Å². The van der Waals surface area contributed by atoms with Gasteiger partial charge in [0.1, 0.15) is 0 Å². The molecule has 0 saturated carbocycles. The van der Waals surface area contributed by atoms with Gasteiger partial charge in [0, 0.05) is 0 Å². The third kappa shape index (κ3) is 10.3. The van der Waals surface area contributed by atoms with Crippen molar-refractivity contribution in [2.45, 2.75) is 6.92 Å². The second-order valence-electron chi connectivity index (χ2n) is 1.98. The number of benzene rings is 1. The summed E-state index contributed by atoms with van der Waals surface area (Å²) in [6.45, 7) is 1.47. The summed E-state index contributed by atoms with van der Waals surface area (Å²) in [5.74, 6) is -0.870. The molecule has 1 aromatic carbocycles. The number of carboxylic acids is 1. The zero-order valence-electron chi connectivity index (χ0n) is 7.42. The van der Waals surface area contributed by atoms with E-state index in [4.69, 9.17) is 28.3 Å². The quantitative estimate of drug-likeness (QED) is 0.659. The molecule has 2 nitrogen and oxygen atoms in total. The predicted molar refractivity (Wildman–Crippen MR) is 52.9 cm³/mol. The zero-order valence-corrected chi connectivity index (χ0v) is 13.1. The molecule has 0 unspecified atom stereocenters. The van der Waals surface area contributed by atoms with E-state index in [0.717, 1.165) is 6.42 Å². The average molecular weight is 457 g/mol. The zero-order chi connectivity index (χ0) is 10.3. The second kappa shape index (κ2) is 9.74. The van der Waals surface area contributed by atoms with E-state index < -0.39 is 5.97 Å². The maximum Gasteiger partial charge on any atom is 2.00 e. The van der Waals surface area contributed by atoms with Crippen LogP contribution in [-0.4, -0.2) is 11.1 Å². The molecule has 0 fully saturated rings. The number of hydrogen-bond acceptors (Lipinski definition) is 1. The van der Waals surface area contributed by atoms with Gasteiger partial charge in [-0.2, -0.15) is 25.1 Å². The molecule has 0 spiro atoms. The summed E-state index contributed by atoms with van der Waals surface area (Å²) in [5.41, 5.74) is 0. The molecule has 0 bridgehead atoms. The minimum atomic E-state index is -0.870. The molecular weight excluding hydrogens is 449 g/mol. The van der Waals surface area contributed by atoms with Crippen LogP contribution in [0.25, 0.3) is 0 Å². The van der Waals surface area contributed by atoms with Crippen molar-refractivity contribution in [2.75, 3.05) is 0 Å². The minimum absolute atomic E-state index is 0. The first-order valence-electron chi connectivity index (χ1n) is 3.41. The molecule has 0 atom stereocenters. The van der Waals surface area contributed by atoms with Gasteiger partial charge in [-0.1, -0.05) is 10.0 Å². The summed E-state index contributed by atoms with van der Waals surface area (Å²) < 4.78 is 0. The maximum absolute atomic E-state index is 9.31. The standard InChI is InChI=1S/C6H3Cl2.C3H5O2.U/c7-5-2-1-3-6(8)4-5;1-2-3(4)5;/h1-2,4H;2H,1H3,(H,4,5);/q2*-1;+2.